The molecular weight excluding hydrogens is 699 g/mol. The number of halogens is 2. The Labute approximate surface area is 316 Å². The van der Waals surface area contributed by atoms with Crippen molar-refractivity contribution in [2.45, 2.75) is 12.1 Å². The first-order valence-electron chi connectivity index (χ1n) is 16.9. The number of hydrogen-bond donors (Lipinski definition) is 0. The van der Waals surface area contributed by atoms with Crippen LogP contribution in [0.5, 0.6) is 0 Å². The van der Waals surface area contributed by atoms with Crippen LogP contribution in [0.15, 0.2) is 194 Å². The van der Waals surface area contributed by atoms with Gasteiger partial charge in [-0.2, -0.15) is 0 Å². The van der Waals surface area contributed by atoms with E-state index >= 15 is 0 Å². The van der Waals surface area contributed by atoms with Crippen molar-refractivity contribution in [1.82, 2.24) is 0 Å². The topological polar surface area (TPSA) is 28.2 Å². The molecule has 0 fully saturated rings. The van der Waals surface area contributed by atoms with Gasteiger partial charge in [-0.1, -0.05) is 228 Å². The van der Waals surface area contributed by atoms with Crippen LogP contribution in [0, 0.1) is 0 Å². The second-order valence-electron chi connectivity index (χ2n) is 12.1. The first-order chi connectivity index (χ1) is 25.2. The van der Waals surface area contributed by atoms with Crippen molar-refractivity contribution < 1.29 is 17.0 Å². The van der Waals surface area contributed by atoms with Gasteiger partial charge in [0.2, 0.25) is 0 Å². The Morgan fingerprint density at radius 3 is 0.922 bits per heavy atom. The molecule has 0 saturated heterocycles. The zero-order chi connectivity index (χ0) is 34.8. The van der Waals surface area contributed by atoms with E-state index in [4.69, 9.17) is 29.2 Å². The molecule has 0 saturated carbocycles. The van der Waals surface area contributed by atoms with Crippen molar-refractivity contribution in [2.24, 2.45) is 0 Å². The summed E-state index contributed by atoms with van der Waals surface area (Å²) in [5.41, 5.74) is 8.68. The Balaban J connectivity index is 0.00000131. The van der Waals surface area contributed by atoms with Crippen molar-refractivity contribution in [1.29, 1.82) is 0 Å². The average molecular weight is 734 g/mol. The van der Waals surface area contributed by atoms with Crippen LogP contribution in [-0.2, 0) is 17.0 Å². The predicted molar refractivity (Wildman–Crippen MR) is 214 cm³/mol. The summed E-state index contributed by atoms with van der Waals surface area (Å²) >= 11 is -0.556. The summed E-state index contributed by atoms with van der Waals surface area (Å²) in [6, 6.07) is 68.1. The first kappa shape index (κ1) is 34.6. The molecule has 0 heterocycles. The van der Waals surface area contributed by atoms with Gasteiger partial charge in [0.05, 0.1) is 0 Å². The number of rotatable bonds is 9. The fourth-order valence-electron chi connectivity index (χ4n) is 6.76. The molecule has 5 heteroatoms. The van der Waals surface area contributed by atoms with Gasteiger partial charge in [0.1, 0.15) is 0 Å². The summed E-state index contributed by atoms with van der Waals surface area (Å²) in [5, 5.41) is 15.9. The molecule has 8 aromatic carbocycles. The summed E-state index contributed by atoms with van der Waals surface area (Å²) in [6.07, 6.45) is 0. The maximum Gasteiger partial charge on any atom is -0.0118 e. The largest absolute Gasteiger partial charge is 0.674 e. The standard InChI is InChI=1S/C46H34N2.2ClH.Ti/c1-5-19-35(20-6-1)45(36-21-7-2-8-22-36)47-41-31-29-33-17-13-15-27-39(33)43(41)44-40-28-16-14-18-34(40)30-32-42(44)48-46(37-23-9-3-10-24-37)38-25-11-4-12-26-38;;;/h1-32,45-46H;2*1H;/q-2;;;+2/p-2. The molecule has 0 atom stereocenters. The molecule has 0 radical (unpaired) electrons. The first-order valence-corrected chi connectivity index (χ1v) is 21.2. The minimum Gasteiger partial charge on any atom is -0.674 e. The van der Waals surface area contributed by atoms with Gasteiger partial charge in [-0.15, -0.1) is 11.4 Å². The van der Waals surface area contributed by atoms with Gasteiger partial charge >= 0.3 is 35.6 Å². The van der Waals surface area contributed by atoms with Gasteiger partial charge in [-0.05, 0) is 32.7 Å². The van der Waals surface area contributed by atoms with E-state index < -0.39 is 17.0 Å². The van der Waals surface area contributed by atoms with Crippen LogP contribution in [0.2, 0.25) is 0 Å². The second kappa shape index (κ2) is 16.9. The smallest absolute Gasteiger partial charge is 0.0118 e. The van der Waals surface area contributed by atoms with E-state index in [0.29, 0.717) is 0 Å². The van der Waals surface area contributed by atoms with E-state index in [1.54, 1.807) is 0 Å². The molecule has 0 aliphatic carbocycles. The summed E-state index contributed by atoms with van der Waals surface area (Å²) < 4.78 is 0. The van der Waals surface area contributed by atoms with E-state index in [9.17, 15) is 0 Å². The van der Waals surface area contributed by atoms with E-state index in [1.165, 1.54) is 10.8 Å². The van der Waals surface area contributed by atoms with Crippen molar-refractivity contribution in [3.8, 4) is 11.1 Å². The van der Waals surface area contributed by atoms with Crippen molar-refractivity contribution in [2.75, 3.05) is 0 Å². The van der Waals surface area contributed by atoms with E-state index in [0.717, 1.165) is 55.5 Å². The van der Waals surface area contributed by atoms with Gasteiger partial charge in [0.25, 0.3) is 0 Å². The molecular formula is C46H34Cl2N2Ti-2. The van der Waals surface area contributed by atoms with Gasteiger partial charge in [0, 0.05) is 0 Å². The van der Waals surface area contributed by atoms with Gasteiger partial charge in [-0.25, -0.2) is 0 Å². The van der Waals surface area contributed by atoms with Gasteiger partial charge in [-0.3, -0.25) is 0 Å². The van der Waals surface area contributed by atoms with Gasteiger partial charge < -0.3 is 10.6 Å². The molecule has 0 spiro atoms. The molecule has 51 heavy (non-hydrogen) atoms. The normalized spacial score (nSPS) is 10.9. The summed E-state index contributed by atoms with van der Waals surface area (Å²) in [6.45, 7) is 0. The molecule has 0 bridgehead atoms. The number of benzene rings is 8. The fraction of sp³-hybridized carbons (Fsp3) is 0.0435. The van der Waals surface area contributed by atoms with E-state index in [-0.39, 0.29) is 12.1 Å². The van der Waals surface area contributed by atoms with Crippen LogP contribution in [0.3, 0.4) is 0 Å². The van der Waals surface area contributed by atoms with Gasteiger partial charge in [0.15, 0.2) is 0 Å². The Bertz CT molecular complexity index is 2070. The van der Waals surface area contributed by atoms with Crippen LogP contribution in [0.25, 0.3) is 43.3 Å². The number of hydrogen-bond acceptors (Lipinski definition) is 0. The predicted octanol–water partition coefficient (Wildman–Crippen LogP) is 14.6. The van der Waals surface area contributed by atoms with Crippen LogP contribution in [-0.4, -0.2) is 0 Å². The van der Waals surface area contributed by atoms with Crippen LogP contribution >= 0.6 is 18.6 Å². The molecule has 0 aromatic heterocycles. The molecule has 8 rings (SSSR count). The summed E-state index contributed by atoms with van der Waals surface area (Å²) in [7, 11) is 9.78. The van der Waals surface area contributed by atoms with Crippen molar-refractivity contribution in [3.05, 3.63) is 227 Å². The average Bonchev–Trinajstić information content (AvgIpc) is 3.20. The Hall–Kier alpha value is -4.83. The summed E-state index contributed by atoms with van der Waals surface area (Å²) in [4.78, 5) is 0. The Kier molecular flexibility index (Phi) is 11.5. The van der Waals surface area contributed by atoms with E-state index in [2.05, 4.69) is 194 Å². The molecule has 0 N–H and O–H groups in total. The molecule has 0 aliphatic heterocycles. The molecule has 2 nitrogen and oxygen atoms in total. The van der Waals surface area contributed by atoms with Crippen molar-refractivity contribution in [3.63, 3.8) is 0 Å². The monoisotopic (exact) mass is 732 g/mol. The molecule has 248 valence electrons. The van der Waals surface area contributed by atoms with Crippen LogP contribution in [0.4, 0.5) is 11.4 Å². The third-order valence-electron chi connectivity index (χ3n) is 9.06. The minimum atomic E-state index is -0.556. The Morgan fingerprint density at radius 2 is 0.608 bits per heavy atom. The Morgan fingerprint density at radius 1 is 0.333 bits per heavy atom. The zero-order valence-electron chi connectivity index (χ0n) is 27.8. The van der Waals surface area contributed by atoms with Crippen molar-refractivity contribution >= 4 is 51.5 Å². The number of nitrogens with zero attached hydrogens (tertiary/aromatic N) is 2. The maximum absolute atomic E-state index is 5.63. The molecule has 0 aliphatic rings. The zero-order valence-corrected chi connectivity index (χ0v) is 30.9. The number of fused-ring (bicyclic) bond motifs is 2. The van der Waals surface area contributed by atoms with Crippen LogP contribution in [0.1, 0.15) is 34.3 Å². The fourth-order valence-corrected chi connectivity index (χ4v) is 6.76. The molecule has 8 aromatic rings. The third kappa shape index (κ3) is 7.91. The van der Waals surface area contributed by atoms with Crippen LogP contribution < -0.4 is 0 Å². The minimum absolute atomic E-state index is 0.177. The molecule has 0 amide bonds. The summed E-state index contributed by atoms with van der Waals surface area (Å²) in [5.74, 6) is 0. The van der Waals surface area contributed by atoms with E-state index in [1.807, 2.05) is 0 Å². The quantitative estimate of drug-likeness (QED) is 0.132. The molecule has 0 unspecified atom stereocenters. The second-order valence-corrected chi connectivity index (χ2v) is 14.7. The SMILES string of the molecule is [Cl][Ti][Cl].c1ccc(C([N-]c2ccc3ccccc3c2-c2c([N-]C(c3ccccc3)c3ccccc3)ccc3ccccc23)c2ccccc2)cc1. The maximum atomic E-state index is 5.63. The third-order valence-corrected chi connectivity index (χ3v) is 9.06.